The summed E-state index contributed by atoms with van der Waals surface area (Å²) >= 11 is 0. The highest BCUT2D eigenvalue weighted by Gasteiger charge is 2.25. The monoisotopic (exact) mass is 491 g/mol. The first-order chi connectivity index (χ1) is 12.5. The molecular formula is C19H38IN7. The van der Waals surface area contributed by atoms with Crippen LogP contribution in [-0.4, -0.2) is 64.9 Å². The van der Waals surface area contributed by atoms with Crippen LogP contribution < -0.4 is 10.6 Å². The predicted molar refractivity (Wildman–Crippen MR) is 123 cm³/mol. The van der Waals surface area contributed by atoms with Gasteiger partial charge >= 0.3 is 0 Å². The van der Waals surface area contributed by atoms with Crippen LogP contribution in [0.2, 0.25) is 0 Å². The third-order valence-electron chi connectivity index (χ3n) is 5.42. The number of aryl methyl sites for hydroxylation is 1. The SMILES string of the molecule is CCc1nncn1CCNC(=NC)NCC(C(C)C)N1CCC(C)CC1.I. The van der Waals surface area contributed by atoms with Crippen molar-refractivity contribution in [2.45, 2.75) is 59.5 Å². The number of guanidine groups is 1. The van der Waals surface area contributed by atoms with Gasteiger partial charge in [0.2, 0.25) is 0 Å². The Labute approximate surface area is 181 Å². The summed E-state index contributed by atoms with van der Waals surface area (Å²) in [6.45, 7) is 14.1. The lowest BCUT2D eigenvalue weighted by atomic mass is 9.94. The molecule has 1 fully saturated rings. The van der Waals surface area contributed by atoms with E-state index in [1.54, 1.807) is 6.33 Å². The number of piperidine rings is 1. The van der Waals surface area contributed by atoms with Gasteiger partial charge in [-0.25, -0.2) is 0 Å². The van der Waals surface area contributed by atoms with E-state index in [1.807, 2.05) is 7.05 Å². The largest absolute Gasteiger partial charge is 0.355 e. The highest BCUT2D eigenvalue weighted by molar-refractivity contribution is 14.0. The molecule has 156 valence electrons. The van der Waals surface area contributed by atoms with Gasteiger partial charge in [0, 0.05) is 39.1 Å². The predicted octanol–water partition coefficient (Wildman–Crippen LogP) is 2.38. The normalized spacial score (nSPS) is 17.6. The van der Waals surface area contributed by atoms with Crippen LogP contribution in [0.15, 0.2) is 11.3 Å². The van der Waals surface area contributed by atoms with E-state index < -0.39 is 0 Å². The third kappa shape index (κ3) is 7.56. The smallest absolute Gasteiger partial charge is 0.191 e. The van der Waals surface area contributed by atoms with E-state index in [1.165, 1.54) is 25.9 Å². The van der Waals surface area contributed by atoms with Crippen molar-refractivity contribution < 1.29 is 0 Å². The van der Waals surface area contributed by atoms with Crippen LogP contribution in [0.3, 0.4) is 0 Å². The fourth-order valence-corrected chi connectivity index (χ4v) is 3.60. The summed E-state index contributed by atoms with van der Waals surface area (Å²) in [7, 11) is 1.83. The van der Waals surface area contributed by atoms with Crippen LogP contribution in [0.5, 0.6) is 0 Å². The number of hydrogen-bond acceptors (Lipinski definition) is 4. The Morgan fingerprint density at radius 2 is 2.00 bits per heavy atom. The molecule has 0 saturated carbocycles. The molecule has 1 aromatic heterocycles. The summed E-state index contributed by atoms with van der Waals surface area (Å²) in [6, 6.07) is 0.547. The number of aromatic nitrogens is 3. The molecule has 1 aliphatic rings. The van der Waals surface area contributed by atoms with E-state index in [2.05, 4.69) is 63.0 Å². The van der Waals surface area contributed by atoms with Crippen molar-refractivity contribution in [3.05, 3.63) is 12.2 Å². The van der Waals surface area contributed by atoms with Gasteiger partial charge in [-0.2, -0.15) is 0 Å². The summed E-state index contributed by atoms with van der Waals surface area (Å²) in [5.41, 5.74) is 0. The van der Waals surface area contributed by atoms with Gasteiger partial charge in [0.25, 0.3) is 0 Å². The van der Waals surface area contributed by atoms with Crippen molar-refractivity contribution in [3.8, 4) is 0 Å². The van der Waals surface area contributed by atoms with Gasteiger partial charge in [-0.1, -0.05) is 27.7 Å². The van der Waals surface area contributed by atoms with E-state index in [0.717, 1.165) is 43.8 Å². The first kappa shape index (κ1) is 24.1. The topological polar surface area (TPSA) is 70.4 Å². The molecule has 0 amide bonds. The Morgan fingerprint density at radius 1 is 1.30 bits per heavy atom. The zero-order valence-corrected chi connectivity index (χ0v) is 19.9. The molecule has 1 aliphatic heterocycles. The number of nitrogens with zero attached hydrogens (tertiary/aromatic N) is 5. The maximum atomic E-state index is 4.37. The van der Waals surface area contributed by atoms with Crippen LogP contribution in [0, 0.1) is 11.8 Å². The molecule has 2 heterocycles. The Hall–Kier alpha value is -0.900. The number of hydrogen-bond donors (Lipinski definition) is 2. The second-order valence-corrected chi connectivity index (χ2v) is 7.70. The fraction of sp³-hybridized carbons (Fsp3) is 0.842. The van der Waals surface area contributed by atoms with E-state index in [9.17, 15) is 0 Å². The molecule has 8 heteroatoms. The summed E-state index contributed by atoms with van der Waals surface area (Å²) in [4.78, 5) is 7.02. The highest BCUT2D eigenvalue weighted by atomic mass is 127. The maximum absolute atomic E-state index is 4.37. The molecule has 0 spiro atoms. The lowest BCUT2D eigenvalue weighted by molar-refractivity contribution is 0.110. The van der Waals surface area contributed by atoms with Gasteiger partial charge in [-0.05, 0) is 37.8 Å². The molecule has 1 aromatic rings. The lowest BCUT2D eigenvalue weighted by Crippen LogP contribution is -2.51. The highest BCUT2D eigenvalue weighted by Crippen LogP contribution is 2.20. The van der Waals surface area contributed by atoms with Gasteiger partial charge in [0.1, 0.15) is 12.2 Å². The summed E-state index contributed by atoms with van der Waals surface area (Å²) in [5, 5.41) is 15.0. The minimum absolute atomic E-state index is 0. The molecule has 1 saturated heterocycles. The van der Waals surface area contributed by atoms with Gasteiger partial charge in [-0.15, -0.1) is 34.2 Å². The average molecular weight is 491 g/mol. The quantitative estimate of drug-likeness (QED) is 0.332. The maximum Gasteiger partial charge on any atom is 0.191 e. The molecule has 2 N–H and O–H groups in total. The minimum atomic E-state index is 0. The lowest BCUT2D eigenvalue weighted by Gasteiger charge is -2.39. The first-order valence-corrected chi connectivity index (χ1v) is 10.1. The van der Waals surface area contributed by atoms with Crippen LogP contribution in [0.1, 0.15) is 46.4 Å². The number of rotatable bonds is 8. The van der Waals surface area contributed by atoms with Crippen LogP contribution in [0.4, 0.5) is 0 Å². The van der Waals surface area contributed by atoms with Crippen LogP contribution in [0.25, 0.3) is 0 Å². The average Bonchev–Trinajstić information content (AvgIpc) is 3.09. The Morgan fingerprint density at radius 3 is 2.59 bits per heavy atom. The minimum Gasteiger partial charge on any atom is -0.355 e. The van der Waals surface area contributed by atoms with E-state index in [0.29, 0.717) is 12.0 Å². The Bertz CT molecular complexity index is 550. The van der Waals surface area contributed by atoms with Crippen molar-refractivity contribution in [3.63, 3.8) is 0 Å². The number of aliphatic imine (C=N–C) groups is 1. The van der Waals surface area contributed by atoms with Crippen molar-refractivity contribution in [2.24, 2.45) is 16.8 Å². The number of halogens is 1. The fourth-order valence-electron chi connectivity index (χ4n) is 3.60. The van der Waals surface area contributed by atoms with E-state index in [4.69, 9.17) is 0 Å². The van der Waals surface area contributed by atoms with E-state index in [-0.39, 0.29) is 24.0 Å². The summed E-state index contributed by atoms with van der Waals surface area (Å²) in [5.74, 6) is 3.38. The van der Waals surface area contributed by atoms with Gasteiger partial charge in [0.15, 0.2) is 5.96 Å². The number of nitrogens with one attached hydrogen (secondary N) is 2. The zero-order valence-electron chi connectivity index (χ0n) is 17.6. The van der Waals surface area contributed by atoms with Gasteiger partial charge in [0.05, 0.1) is 0 Å². The zero-order chi connectivity index (χ0) is 18.9. The van der Waals surface area contributed by atoms with Crippen molar-refractivity contribution in [2.75, 3.05) is 33.2 Å². The summed E-state index contributed by atoms with van der Waals surface area (Å²) in [6.07, 6.45) is 5.32. The molecule has 1 unspecified atom stereocenters. The van der Waals surface area contributed by atoms with Crippen LogP contribution >= 0.6 is 24.0 Å². The molecule has 7 nitrogen and oxygen atoms in total. The molecule has 27 heavy (non-hydrogen) atoms. The Kier molecular flexibility index (Phi) is 11.2. The summed E-state index contributed by atoms with van der Waals surface area (Å²) < 4.78 is 2.09. The number of likely N-dealkylation sites (tertiary alicyclic amines) is 1. The van der Waals surface area contributed by atoms with Gasteiger partial charge in [-0.3, -0.25) is 9.89 Å². The molecule has 0 aromatic carbocycles. The second-order valence-electron chi connectivity index (χ2n) is 7.70. The van der Waals surface area contributed by atoms with Crippen molar-refractivity contribution in [1.82, 2.24) is 30.3 Å². The van der Waals surface area contributed by atoms with Crippen LogP contribution in [-0.2, 0) is 13.0 Å². The van der Waals surface area contributed by atoms with Crippen molar-refractivity contribution in [1.29, 1.82) is 0 Å². The molecule has 0 bridgehead atoms. The molecule has 2 rings (SSSR count). The first-order valence-electron chi connectivity index (χ1n) is 10.1. The standard InChI is InChI=1S/C19H37N7.HI/c1-6-18-24-23-14-26(18)12-9-21-19(20-5)22-13-17(15(2)3)25-10-7-16(4)8-11-25;/h14-17H,6-13H2,1-5H3,(H2,20,21,22);1H. The third-order valence-corrected chi connectivity index (χ3v) is 5.42. The van der Waals surface area contributed by atoms with E-state index >= 15 is 0 Å². The van der Waals surface area contributed by atoms with Crippen molar-refractivity contribution >= 4 is 29.9 Å². The molecule has 0 radical (unpaired) electrons. The second kappa shape index (κ2) is 12.5. The molecule has 1 atom stereocenters. The molecular weight excluding hydrogens is 453 g/mol. The molecule has 0 aliphatic carbocycles. The Balaban J connectivity index is 0.00000364. The van der Waals surface area contributed by atoms with Gasteiger partial charge < -0.3 is 15.2 Å².